The Hall–Kier alpha value is -1.84. The molecule has 3 N–H and O–H groups in total. The number of carbonyl (C=O) groups is 1. The van der Waals surface area contributed by atoms with Gasteiger partial charge in [0.2, 0.25) is 5.91 Å². The molecule has 6 heteroatoms. The molecule has 0 unspecified atom stereocenters. The molecule has 0 spiro atoms. The predicted molar refractivity (Wildman–Crippen MR) is 75.5 cm³/mol. The van der Waals surface area contributed by atoms with Crippen molar-refractivity contribution in [2.45, 2.75) is 6.92 Å². The Labute approximate surface area is 113 Å². The van der Waals surface area contributed by atoms with Gasteiger partial charge in [0.1, 0.15) is 5.75 Å². The molecule has 0 heterocycles. The fraction of sp³-hybridized carbons (Fsp3) is 0.308. The van der Waals surface area contributed by atoms with Crippen molar-refractivity contribution in [3.63, 3.8) is 0 Å². The average molecular weight is 280 g/mol. The van der Waals surface area contributed by atoms with Gasteiger partial charge < -0.3 is 11.1 Å². The van der Waals surface area contributed by atoms with Gasteiger partial charge in [-0.25, -0.2) is 8.42 Å². The van der Waals surface area contributed by atoms with Crippen molar-refractivity contribution in [3.05, 3.63) is 29.3 Å². The van der Waals surface area contributed by atoms with Crippen LogP contribution in [0.5, 0.6) is 0 Å². The number of rotatable bonds is 3. The predicted octanol–water partition coefficient (Wildman–Crippen LogP) is 0.288. The van der Waals surface area contributed by atoms with Gasteiger partial charge in [0, 0.05) is 17.5 Å². The first-order valence-corrected chi connectivity index (χ1v) is 7.65. The molecule has 0 aromatic heterocycles. The van der Waals surface area contributed by atoms with E-state index < -0.39 is 21.5 Å². The molecule has 0 fully saturated rings. The van der Waals surface area contributed by atoms with Gasteiger partial charge in [0.15, 0.2) is 9.84 Å². The van der Waals surface area contributed by atoms with E-state index in [2.05, 4.69) is 17.2 Å². The van der Waals surface area contributed by atoms with E-state index in [1.165, 1.54) is 0 Å². The second kappa shape index (κ2) is 6.36. The van der Waals surface area contributed by atoms with Crippen LogP contribution in [0.2, 0.25) is 0 Å². The Kier molecular flexibility index (Phi) is 5.10. The smallest absolute Gasteiger partial charge is 0.239 e. The van der Waals surface area contributed by atoms with E-state index in [1.807, 2.05) is 6.92 Å². The van der Waals surface area contributed by atoms with Crippen LogP contribution in [-0.2, 0) is 14.6 Å². The van der Waals surface area contributed by atoms with Crippen LogP contribution in [0.15, 0.2) is 18.2 Å². The number of carbonyl (C=O) groups excluding carboxylic acids is 1. The number of sulfone groups is 1. The maximum atomic E-state index is 11.5. The number of aryl methyl sites for hydroxylation is 1. The zero-order valence-electron chi connectivity index (χ0n) is 10.9. The molecule has 0 saturated carbocycles. The van der Waals surface area contributed by atoms with Crippen LogP contribution in [0, 0.1) is 18.8 Å². The fourth-order valence-corrected chi connectivity index (χ4v) is 2.01. The average Bonchev–Trinajstić information content (AvgIpc) is 2.25. The number of hydrogen-bond donors (Lipinski definition) is 2. The lowest BCUT2D eigenvalue weighted by Crippen LogP contribution is -2.21. The summed E-state index contributed by atoms with van der Waals surface area (Å²) in [5.74, 6) is 4.58. The third-order valence-corrected chi connectivity index (χ3v) is 3.02. The molecule has 0 bridgehead atoms. The van der Waals surface area contributed by atoms with Gasteiger partial charge in [0.25, 0.3) is 0 Å². The molecule has 19 heavy (non-hydrogen) atoms. The molecule has 1 rings (SSSR count). The molecule has 5 nitrogen and oxygen atoms in total. The molecular formula is C13H16N2O3S. The summed E-state index contributed by atoms with van der Waals surface area (Å²) >= 11 is 0. The third-order valence-electron chi connectivity index (χ3n) is 2.23. The Morgan fingerprint density at radius 3 is 2.63 bits per heavy atom. The standard InChI is InChI=1S/C13H16N2O3S/c1-10-8-12(6-5-11(10)4-3-7-14)15-13(16)9-19(2,17)18/h5-6,8H,7,9,14H2,1-2H3,(H,15,16). The van der Waals surface area contributed by atoms with Crippen LogP contribution in [0.3, 0.4) is 0 Å². The fourth-order valence-electron chi connectivity index (χ4n) is 1.46. The van der Waals surface area contributed by atoms with Crippen molar-refractivity contribution in [1.82, 2.24) is 0 Å². The third kappa shape index (κ3) is 5.55. The van der Waals surface area contributed by atoms with Gasteiger partial charge in [-0.05, 0) is 30.7 Å². The number of amides is 1. The van der Waals surface area contributed by atoms with E-state index in [0.717, 1.165) is 17.4 Å². The first-order valence-electron chi connectivity index (χ1n) is 5.59. The van der Waals surface area contributed by atoms with Crippen molar-refractivity contribution >= 4 is 21.4 Å². The molecule has 0 atom stereocenters. The summed E-state index contributed by atoms with van der Waals surface area (Å²) in [7, 11) is -3.32. The number of hydrogen-bond acceptors (Lipinski definition) is 4. The minimum Gasteiger partial charge on any atom is -0.325 e. The Balaban J connectivity index is 2.82. The van der Waals surface area contributed by atoms with E-state index in [1.54, 1.807) is 18.2 Å². The summed E-state index contributed by atoms with van der Waals surface area (Å²) in [6.45, 7) is 2.14. The lowest BCUT2D eigenvalue weighted by Gasteiger charge is -2.06. The molecule has 0 aliphatic carbocycles. The summed E-state index contributed by atoms with van der Waals surface area (Å²) < 4.78 is 22.0. The summed E-state index contributed by atoms with van der Waals surface area (Å²) in [5.41, 5.74) is 7.55. The molecular weight excluding hydrogens is 264 g/mol. The van der Waals surface area contributed by atoms with Crippen molar-refractivity contribution in [2.75, 3.05) is 23.9 Å². The van der Waals surface area contributed by atoms with Gasteiger partial charge in [-0.2, -0.15) is 0 Å². The van der Waals surface area contributed by atoms with E-state index in [-0.39, 0.29) is 6.54 Å². The lowest BCUT2D eigenvalue weighted by molar-refractivity contribution is -0.113. The first-order chi connectivity index (χ1) is 8.81. The molecule has 102 valence electrons. The SMILES string of the molecule is Cc1cc(NC(=O)CS(C)(=O)=O)ccc1C#CCN. The number of benzene rings is 1. The summed E-state index contributed by atoms with van der Waals surface area (Å²) in [5, 5.41) is 2.53. The molecule has 0 radical (unpaired) electrons. The van der Waals surface area contributed by atoms with Crippen LogP contribution in [0.1, 0.15) is 11.1 Å². The first kappa shape index (κ1) is 15.2. The highest BCUT2D eigenvalue weighted by molar-refractivity contribution is 7.91. The van der Waals surface area contributed by atoms with Crippen molar-refractivity contribution < 1.29 is 13.2 Å². The molecule has 0 saturated heterocycles. The van der Waals surface area contributed by atoms with Gasteiger partial charge in [-0.15, -0.1) is 0 Å². The minimum absolute atomic E-state index is 0.284. The molecule has 0 aliphatic heterocycles. The Bertz CT molecular complexity index is 640. The van der Waals surface area contributed by atoms with Crippen molar-refractivity contribution in [2.24, 2.45) is 5.73 Å². The van der Waals surface area contributed by atoms with Crippen LogP contribution in [-0.4, -0.2) is 32.9 Å². The normalized spacial score (nSPS) is 10.5. The summed E-state index contributed by atoms with van der Waals surface area (Å²) in [4.78, 5) is 11.5. The topological polar surface area (TPSA) is 89.3 Å². The van der Waals surface area contributed by atoms with E-state index in [9.17, 15) is 13.2 Å². The van der Waals surface area contributed by atoms with E-state index in [4.69, 9.17) is 5.73 Å². The molecule has 1 amide bonds. The van der Waals surface area contributed by atoms with Gasteiger partial charge in [-0.1, -0.05) is 11.8 Å². The van der Waals surface area contributed by atoms with Crippen molar-refractivity contribution in [3.8, 4) is 11.8 Å². The lowest BCUT2D eigenvalue weighted by atomic mass is 10.1. The van der Waals surface area contributed by atoms with Gasteiger partial charge in [-0.3, -0.25) is 4.79 Å². The maximum absolute atomic E-state index is 11.5. The highest BCUT2D eigenvalue weighted by Gasteiger charge is 2.11. The Morgan fingerprint density at radius 1 is 1.42 bits per heavy atom. The number of nitrogens with one attached hydrogen (secondary N) is 1. The number of nitrogens with two attached hydrogens (primary N) is 1. The Morgan fingerprint density at radius 2 is 2.11 bits per heavy atom. The van der Waals surface area contributed by atoms with E-state index in [0.29, 0.717) is 5.69 Å². The van der Waals surface area contributed by atoms with Crippen LogP contribution in [0.4, 0.5) is 5.69 Å². The second-order valence-corrected chi connectivity index (χ2v) is 6.29. The molecule has 1 aromatic carbocycles. The quantitative estimate of drug-likeness (QED) is 0.779. The maximum Gasteiger partial charge on any atom is 0.239 e. The highest BCUT2D eigenvalue weighted by atomic mass is 32.2. The molecule has 1 aromatic rings. The van der Waals surface area contributed by atoms with Gasteiger partial charge in [0.05, 0.1) is 6.54 Å². The van der Waals surface area contributed by atoms with Crippen LogP contribution in [0.25, 0.3) is 0 Å². The summed E-state index contributed by atoms with van der Waals surface area (Å²) in [6.07, 6.45) is 1.02. The second-order valence-electron chi connectivity index (χ2n) is 4.15. The van der Waals surface area contributed by atoms with Gasteiger partial charge >= 0.3 is 0 Å². The van der Waals surface area contributed by atoms with Crippen LogP contribution >= 0.6 is 0 Å². The molecule has 0 aliphatic rings. The zero-order valence-corrected chi connectivity index (χ0v) is 11.7. The van der Waals surface area contributed by atoms with Crippen LogP contribution < -0.4 is 11.1 Å². The highest BCUT2D eigenvalue weighted by Crippen LogP contribution is 2.14. The summed E-state index contributed by atoms with van der Waals surface area (Å²) in [6, 6.07) is 5.17. The zero-order chi connectivity index (χ0) is 14.5. The largest absolute Gasteiger partial charge is 0.325 e. The monoisotopic (exact) mass is 280 g/mol. The number of anilines is 1. The van der Waals surface area contributed by atoms with Crippen molar-refractivity contribution in [1.29, 1.82) is 0 Å². The van der Waals surface area contributed by atoms with E-state index >= 15 is 0 Å². The minimum atomic E-state index is -3.32.